The Labute approximate surface area is 159 Å². The van der Waals surface area contributed by atoms with Gasteiger partial charge in [0, 0.05) is 18.1 Å². The molecule has 6 nitrogen and oxygen atoms in total. The summed E-state index contributed by atoms with van der Waals surface area (Å²) in [6, 6.07) is 14.3. The van der Waals surface area contributed by atoms with Crippen LogP contribution in [0.1, 0.15) is 12.5 Å². The number of hydrogen-bond donors (Lipinski definition) is 1. The first-order valence-electron chi connectivity index (χ1n) is 8.68. The van der Waals surface area contributed by atoms with Gasteiger partial charge in [-0.25, -0.2) is 13.1 Å². The van der Waals surface area contributed by atoms with E-state index in [-0.39, 0.29) is 11.4 Å². The largest absolute Gasteiger partial charge is 0.493 e. The monoisotopic (exact) mass is 386 g/mol. The SMILES string of the molecule is CCOc1ccc(CCNS(=O)(=O)c2cccc3cccnc23)cc1OC. The molecule has 0 atom stereocenters. The fourth-order valence-corrected chi connectivity index (χ4v) is 4.05. The highest BCUT2D eigenvalue weighted by Gasteiger charge is 2.17. The molecule has 0 bridgehead atoms. The van der Waals surface area contributed by atoms with Gasteiger partial charge in [-0.05, 0) is 43.2 Å². The number of aromatic nitrogens is 1. The maximum atomic E-state index is 12.7. The smallest absolute Gasteiger partial charge is 0.242 e. The molecule has 27 heavy (non-hydrogen) atoms. The van der Waals surface area contributed by atoms with Gasteiger partial charge in [0.15, 0.2) is 11.5 Å². The summed E-state index contributed by atoms with van der Waals surface area (Å²) in [5.41, 5.74) is 1.42. The summed E-state index contributed by atoms with van der Waals surface area (Å²) in [5, 5.41) is 0.789. The van der Waals surface area contributed by atoms with Crippen LogP contribution >= 0.6 is 0 Å². The van der Waals surface area contributed by atoms with Crippen molar-refractivity contribution in [1.82, 2.24) is 9.71 Å². The number of methoxy groups -OCH3 is 1. The van der Waals surface area contributed by atoms with Gasteiger partial charge in [-0.3, -0.25) is 4.98 Å². The molecule has 2 aromatic carbocycles. The number of pyridine rings is 1. The summed E-state index contributed by atoms with van der Waals surface area (Å²) in [4.78, 5) is 4.40. The molecule has 0 fully saturated rings. The van der Waals surface area contributed by atoms with Gasteiger partial charge < -0.3 is 9.47 Å². The fourth-order valence-electron chi connectivity index (χ4n) is 2.84. The topological polar surface area (TPSA) is 77.5 Å². The summed E-state index contributed by atoms with van der Waals surface area (Å²) < 4.78 is 38.9. The summed E-state index contributed by atoms with van der Waals surface area (Å²) in [6.07, 6.45) is 2.12. The number of fused-ring (bicyclic) bond motifs is 1. The molecule has 0 saturated carbocycles. The van der Waals surface area contributed by atoms with Gasteiger partial charge in [0.05, 0.1) is 19.2 Å². The van der Waals surface area contributed by atoms with E-state index < -0.39 is 10.0 Å². The Morgan fingerprint density at radius 2 is 1.89 bits per heavy atom. The molecule has 1 heterocycles. The molecule has 3 rings (SSSR count). The molecule has 0 radical (unpaired) electrons. The van der Waals surface area contributed by atoms with Crippen molar-refractivity contribution in [3.8, 4) is 11.5 Å². The average Bonchev–Trinajstić information content (AvgIpc) is 2.68. The molecule has 142 valence electrons. The zero-order chi connectivity index (χ0) is 19.3. The van der Waals surface area contributed by atoms with E-state index in [2.05, 4.69) is 9.71 Å². The van der Waals surface area contributed by atoms with Crippen LogP contribution in [-0.2, 0) is 16.4 Å². The highest BCUT2D eigenvalue weighted by Crippen LogP contribution is 2.28. The minimum Gasteiger partial charge on any atom is -0.493 e. The van der Waals surface area contributed by atoms with E-state index in [1.54, 1.807) is 31.5 Å². The van der Waals surface area contributed by atoms with E-state index in [4.69, 9.17) is 9.47 Å². The predicted molar refractivity (Wildman–Crippen MR) is 105 cm³/mol. The Morgan fingerprint density at radius 3 is 2.67 bits per heavy atom. The molecule has 0 amide bonds. The third-order valence-corrected chi connectivity index (χ3v) is 5.61. The molecule has 0 aliphatic heterocycles. The zero-order valence-electron chi connectivity index (χ0n) is 15.3. The minimum absolute atomic E-state index is 0.185. The van der Waals surface area contributed by atoms with Crippen molar-refractivity contribution in [3.05, 3.63) is 60.3 Å². The first-order valence-corrected chi connectivity index (χ1v) is 10.2. The third-order valence-electron chi connectivity index (χ3n) is 4.12. The standard InChI is InChI=1S/C20H22N2O4S/c1-3-26-17-10-9-15(14-18(17)25-2)11-13-22-27(23,24)19-8-4-6-16-7-5-12-21-20(16)19/h4-10,12,14,22H,3,11,13H2,1-2H3. The first-order chi connectivity index (χ1) is 13.0. The number of sulfonamides is 1. The van der Waals surface area contributed by atoms with Crippen LogP contribution in [-0.4, -0.2) is 33.7 Å². The van der Waals surface area contributed by atoms with Crippen LogP contribution < -0.4 is 14.2 Å². The van der Waals surface area contributed by atoms with Crippen molar-refractivity contribution >= 4 is 20.9 Å². The molecule has 0 aliphatic rings. The number of nitrogens with zero attached hydrogens (tertiary/aromatic N) is 1. The van der Waals surface area contributed by atoms with Crippen LogP contribution in [0.3, 0.4) is 0 Å². The van der Waals surface area contributed by atoms with Gasteiger partial charge in [0.1, 0.15) is 4.90 Å². The predicted octanol–water partition coefficient (Wildman–Crippen LogP) is 3.16. The average molecular weight is 386 g/mol. The van der Waals surface area contributed by atoms with Crippen LogP contribution in [0.15, 0.2) is 59.6 Å². The molecular weight excluding hydrogens is 364 g/mol. The molecule has 0 aliphatic carbocycles. The lowest BCUT2D eigenvalue weighted by Gasteiger charge is -2.12. The van der Waals surface area contributed by atoms with E-state index >= 15 is 0 Å². The maximum Gasteiger partial charge on any atom is 0.242 e. The normalized spacial score (nSPS) is 11.5. The van der Waals surface area contributed by atoms with Gasteiger partial charge in [0.25, 0.3) is 0 Å². The second-order valence-corrected chi connectivity index (χ2v) is 7.63. The van der Waals surface area contributed by atoms with Crippen molar-refractivity contribution in [1.29, 1.82) is 0 Å². The Kier molecular flexibility index (Phi) is 5.93. The Hall–Kier alpha value is -2.64. The second-order valence-electron chi connectivity index (χ2n) is 5.90. The number of ether oxygens (including phenoxy) is 2. The van der Waals surface area contributed by atoms with E-state index in [9.17, 15) is 8.42 Å². The highest BCUT2D eigenvalue weighted by atomic mass is 32.2. The van der Waals surface area contributed by atoms with Crippen molar-refractivity contribution in [2.75, 3.05) is 20.3 Å². The van der Waals surface area contributed by atoms with Crippen LogP contribution in [0.25, 0.3) is 10.9 Å². The van der Waals surface area contributed by atoms with Crippen molar-refractivity contribution in [2.45, 2.75) is 18.2 Å². The molecular formula is C20H22N2O4S. The van der Waals surface area contributed by atoms with Crippen molar-refractivity contribution < 1.29 is 17.9 Å². The summed E-state index contributed by atoms with van der Waals surface area (Å²) >= 11 is 0. The highest BCUT2D eigenvalue weighted by molar-refractivity contribution is 7.89. The lowest BCUT2D eigenvalue weighted by molar-refractivity contribution is 0.310. The van der Waals surface area contributed by atoms with E-state index in [1.807, 2.05) is 37.3 Å². The van der Waals surface area contributed by atoms with Gasteiger partial charge >= 0.3 is 0 Å². The van der Waals surface area contributed by atoms with E-state index in [0.29, 0.717) is 30.0 Å². The second kappa shape index (κ2) is 8.37. The third kappa shape index (κ3) is 4.37. The molecule has 0 spiro atoms. The Balaban J connectivity index is 1.73. The molecule has 7 heteroatoms. The van der Waals surface area contributed by atoms with E-state index in [0.717, 1.165) is 10.9 Å². The number of benzene rings is 2. The zero-order valence-corrected chi connectivity index (χ0v) is 16.1. The molecule has 3 aromatic rings. The fraction of sp³-hybridized carbons (Fsp3) is 0.250. The first kappa shape index (κ1) is 19.1. The van der Waals surface area contributed by atoms with Crippen LogP contribution in [0.5, 0.6) is 11.5 Å². The lowest BCUT2D eigenvalue weighted by atomic mass is 10.1. The quantitative estimate of drug-likeness (QED) is 0.643. The van der Waals surface area contributed by atoms with Gasteiger partial charge in [-0.15, -0.1) is 0 Å². The van der Waals surface area contributed by atoms with Crippen LogP contribution in [0.2, 0.25) is 0 Å². The molecule has 1 N–H and O–H groups in total. The molecule has 0 unspecified atom stereocenters. The molecule has 1 aromatic heterocycles. The van der Waals surface area contributed by atoms with Gasteiger partial charge in [0.2, 0.25) is 10.0 Å². The lowest BCUT2D eigenvalue weighted by Crippen LogP contribution is -2.26. The van der Waals surface area contributed by atoms with Gasteiger partial charge in [-0.2, -0.15) is 0 Å². The van der Waals surface area contributed by atoms with Crippen molar-refractivity contribution in [2.24, 2.45) is 0 Å². The number of rotatable bonds is 8. The summed E-state index contributed by atoms with van der Waals surface area (Å²) in [5.74, 6) is 1.31. The number of para-hydroxylation sites is 1. The number of nitrogens with one attached hydrogen (secondary N) is 1. The summed E-state index contributed by atoms with van der Waals surface area (Å²) in [7, 11) is -2.08. The minimum atomic E-state index is -3.66. The van der Waals surface area contributed by atoms with E-state index in [1.165, 1.54) is 0 Å². The van der Waals surface area contributed by atoms with Crippen LogP contribution in [0, 0.1) is 0 Å². The summed E-state index contributed by atoms with van der Waals surface area (Å²) in [6.45, 7) is 2.72. The van der Waals surface area contributed by atoms with Crippen LogP contribution in [0.4, 0.5) is 0 Å². The molecule has 0 saturated heterocycles. The number of hydrogen-bond acceptors (Lipinski definition) is 5. The Morgan fingerprint density at radius 1 is 1.07 bits per heavy atom. The maximum absolute atomic E-state index is 12.7. The van der Waals surface area contributed by atoms with Crippen molar-refractivity contribution in [3.63, 3.8) is 0 Å². The Bertz CT molecular complexity index is 1030. The van der Waals surface area contributed by atoms with Gasteiger partial charge in [-0.1, -0.05) is 24.3 Å².